The summed E-state index contributed by atoms with van der Waals surface area (Å²) in [6.07, 6.45) is 5.64. The van der Waals surface area contributed by atoms with Gasteiger partial charge in [-0.2, -0.15) is 10.2 Å². The fraction of sp³-hybridized carbons (Fsp3) is 0.294. The number of hydrogen-bond donors (Lipinski definition) is 2. The summed E-state index contributed by atoms with van der Waals surface area (Å²) in [5, 5.41) is 14.2. The van der Waals surface area contributed by atoms with Gasteiger partial charge in [0.1, 0.15) is 5.69 Å². The molecule has 1 aliphatic rings. The van der Waals surface area contributed by atoms with Gasteiger partial charge in [-0.1, -0.05) is 6.07 Å². The normalized spacial score (nSPS) is 13.9. The predicted octanol–water partition coefficient (Wildman–Crippen LogP) is 2.82. The zero-order chi connectivity index (χ0) is 16.5. The minimum absolute atomic E-state index is 0.234. The number of pyridine rings is 1. The zero-order valence-corrected chi connectivity index (χ0v) is 13.4. The summed E-state index contributed by atoms with van der Waals surface area (Å²) < 4.78 is 1.92. The molecule has 0 aliphatic heterocycles. The Bertz CT molecular complexity index is 862. The van der Waals surface area contributed by atoms with Crippen LogP contribution in [0, 0.1) is 0 Å². The first kappa shape index (κ1) is 14.6. The highest BCUT2D eigenvalue weighted by molar-refractivity contribution is 6.04. The molecule has 0 radical (unpaired) electrons. The number of aryl methyl sites for hydroxylation is 1. The number of H-pyrrole nitrogens is 1. The van der Waals surface area contributed by atoms with Crippen LogP contribution in [0.15, 0.2) is 36.7 Å². The molecule has 1 saturated carbocycles. The molecule has 4 rings (SSSR count). The van der Waals surface area contributed by atoms with Crippen molar-refractivity contribution in [1.82, 2.24) is 25.0 Å². The van der Waals surface area contributed by atoms with Gasteiger partial charge in [-0.25, -0.2) is 0 Å². The van der Waals surface area contributed by atoms with E-state index in [-0.39, 0.29) is 5.91 Å². The van der Waals surface area contributed by atoms with Crippen LogP contribution in [-0.2, 0) is 6.54 Å². The third kappa shape index (κ3) is 2.68. The summed E-state index contributed by atoms with van der Waals surface area (Å²) in [7, 11) is 0. The van der Waals surface area contributed by atoms with E-state index in [1.165, 1.54) is 12.8 Å². The van der Waals surface area contributed by atoms with Gasteiger partial charge in [0.05, 0.1) is 17.6 Å². The van der Waals surface area contributed by atoms with Crippen LogP contribution in [0.2, 0.25) is 0 Å². The summed E-state index contributed by atoms with van der Waals surface area (Å²) in [5.41, 5.74) is 3.59. The predicted molar refractivity (Wildman–Crippen MR) is 89.6 cm³/mol. The van der Waals surface area contributed by atoms with Crippen molar-refractivity contribution >= 4 is 11.6 Å². The molecule has 7 nitrogen and oxygen atoms in total. The highest BCUT2D eigenvalue weighted by Gasteiger charge is 2.29. The highest BCUT2D eigenvalue weighted by Crippen LogP contribution is 2.40. The number of hydrogen-bond acceptors (Lipinski definition) is 4. The maximum absolute atomic E-state index is 12.6. The van der Waals surface area contributed by atoms with E-state index >= 15 is 0 Å². The van der Waals surface area contributed by atoms with E-state index in [2.05, 4.69) is 25.6 Å². The minimum Gasteiger partial charge on any atom is -0.317 e. The summed E-state index contributed by atoms with van der Waals surface area (Å²) in [6, 6.07) is 7.49. The molecule has 3 heterocycles. The molecule has 1 fully saturated rings. The molecule has 24 heavy (non-hydrogen) atoms. The topological polar surface area (TPSA) is 88.5 Å². The maximum Gasteiger partial charge on any atom is 0.276 e. The molecular formula is C17H18N6O. The zero-order valence-electron chi connectivity index (χ0n) is 13.4. The molecule has 0 bridgehead atoms. The molecule has 122 valence electrons. The van der Waals surface area contributed by atoms with Crippen LogP contribution in [0.4, 0.5) is 5.69 Å². The Hall–Kier alpha value is -2.96. The van der Waals surface area contributed by atoms with Crippen molar-refractivity contribution in [2.75, 3.05) is 5.32 Å². The second-order valence-corrected chi connectivity index (χ2v) is 5.87. The van der Waals surface area contributed by atoms with Gasteiger partial charge in [0.2, 0.25) is 0 Å². The number of aromatic nitrogens is 5. The Morgan fingerprint density at radius 1 is 1.42 bits per heavy atom. The molecule has 0 unspecified atom stereocenters. The van der Waals surface area contributed by atoms with Gasteiger partial charge in [0.25, 0.3) is 5.91 Å². The molecular weight excluding hydrogens is 304 g/mol. The number of aromatic amines is 1. The van der Waals surface area contributed by atoms with Gasteiger partial charge in [-0.05, 0) is 38.0 Å². The molecule has 0 saturated heterocycles. The monoisotopic (exact) mass is 322 g/mol. The lowest BCUT2D eigenvalue weighted by atomic mass is 10.2. The Morgan fingerprint density at radius 3 is 3.00 bits per heavy atom. The second-order valence-electron chi connectivity index (χ2n) is 5.87. The average molecular weight is 322 g/mol. The number of nitrogens with zero attached hydrogens (tertiary/aromatic N) is 4. The van der Waals surface area contributed by atoms with Crippen LogP contribution in [0.1, 0.15) is 41.9 Å². The number of amides is 1. The summed E-state index contributed by atoms with van der Waals surface area (Å²) >= 11 is 0. The number of carbonyl (C=O) groups excluding carboxylic acids is 1. The van der Waals surface area contributed by atoms with Gasteiger partial charge in [0.15, 0.2) is 5.69 Å². The molecule has 2 N–H and O–H groups in total. The quantitative estimate of drug-likeness (QED) is 0.756. The Labute approximate surface area is 139 Å². The van der Waals surface area contributed by atoms with E-state index in [1.54, 1.807) is 12.4 Å². The van der Waals surface area contributed by atoms with E-state index < -0.39 is 0 Å². The SMILES string of the molecule is CCn1nc(C(=O)Nc2cn[nH]c2-c2ccccn2)cc1C1CC1. The van der Waals surface area contributed by atoms with Crippen molar-refractivity contribution < 1.29 is 4.79 Å². The van der Waals surface area contributed by atoms with Crippen molar-refractivity contribution in [1.29, 1.82) is 0 Å². The van der Waals surface area contributed by atoms with Crippen molar-refractivity contribution in [3.8, 4) is 11.4 Å². The summed E-state index contributed by atoms with van der Waals surface area (Å²) in [4.78, 5) is 16.9. The second kappa shape index (κ2) is 5.92. The van der Waals surface area contributed by atoms with Gasteiger partial charge >= 0.3 is 0 Å². The van der Waals surface area contributed by atoms with E-state index in [0.29, 0.717) is 23.0 Å². The van der Waals surface area contributed by atoms with Gasteiger partial charge in [-0.15, -0.1) is 0 Å². The number of anilines is 1. The molecule has 1 amide bonds. The van der Waals surface area contributed by atoms with Gasteiger partial charge < -0.3 is 5.32 Å². The van der Waals surface area contributed by atoms with E-state index in [0.717, 1.165) is 17.9 Å². The van der Waals surface area contributed by atoms with Crippen LogP contribution in [0.3, 0.4) is 0 Å². The van der Waals surface area contributed by atoms with Crippen LogP contribution >= 0.6 is 0 Å². The molecule has 0 atom stereocenters. The Morgan fingerprint density at radius 2 is 2.29 bits per heavy atom. The maximum atomic E-state index is 12.6. The van der Waals surface area contributed by atoms with Crippen LogP contribution in [0.25, 0.3) is 11.4 Å². The van der Waals surface area contributed by atoms with Gasteiger partial charge in [0, 0.05) is 24.4 Å². The van der Waals surface area contributed by atoms with E-state index in [1.807, 2.05) is 35.9 Å². The molecule has 0 spiro atoms. The number of rotatable bonds is 5. The molecule has 1 aliphatic carbocycles. The number of carbonyl (C=O) groups is 1. The van der Waals surface area contributed by atoms with Crippen LogP contribution in [0.5, 0.6) is 0 Å². The highest BCUT2D eigenvalue weighted by atomic mass is 16.2. The van der Waals surface area contributed by atoms with Crippen LogP contribution < -0.4 is 5.32 Å². The van der Waals surface area contributed by atoms with Gasteiger partial charge in [-0.3, -0.25) is 19.6 Å². The fourth-order valence-corrected chi connectivity index (χ4v) is 2.78. The molecule has 0 aromatic carbocycles. The lowest BCUT2D eigenvalue weighted by Gasteiger charge is -2.03. The summed E-state index contributed by atoms with van der Waals surface area (Å²) in [6.45, 7) is 2.81. The van der Waals surface area contributed by atoms with Crippen molar-refractivity contribution in [3.05, 3.63) is 48.0 Å². The first-order valence-corrected chi connectivity index (χ1v) is 8.10. The molecule has 3 aromatic rings. The lowest BCUT2D eigenvalue weighted by Crippen LogP contribution is -2.13. The first-order valence-electron chi connectivity index (χ1n) is 8.10. The molecule has 7 heteroatoms. The third-order valence-corrected chi connectivity index (χ3v) is 4.15. The standard InChI is InChI=1S/C17H18N6O/c1-2-23-15(11-6-7-11)9-13(22-23)17(24)20-14-10-19-21-16(14)12-5-3-4-8-18-12/h3-5,8-11H,2,6-7H2,1H3,(H,19,21)(H,20,24). The van der Waals surface area contributed by atoms with Crippen LogP contribution in [-0.4, -0.2) is 30.9 Å². The summed E-state index contributed by atoms with van der Waals surface area (Å²) in [5.74, 6) is 0.319. The average Bonchev–Trinajstić information content (AvgIpc) is 3.20. The van der Waals surface area contributed by atoms with Crippen molar-refractivity contribution in [2.45, 2.75) is 32.2 Å². The Kier molecular flexibility index (Phi) is 3.60. The smallest absolute Gasteiger partial charge is 0.276 e. The van der Waals surface area contributed by atoms with E-state index in [9.17, 15) is 4.79 Å². The van der Waals surface area contributed by atoms with E-state index in [4.69, 9.17) is 0 Å². The number of nitrogens with one attached hydrogen (secondary N) is 2. The molecule has 3 aromatic heterocycles. The first-order chi connectivity index (χ1) is 11.8. The lowest BCUT2D eigenvalue weighted by molar-refractivity contribution is 0.102. The fourth-order valence-electron chi connectivity index (χ4n) is 2.78. The Balaban J connectivity index is 1.58. The minimum atomic E-state index is -0.234. The van der Waals surface area contributed by atoms with Crippen molar-refractivity contribution in [3.63, 3.8) is 0 Å². The van der Waals surface area contributed by atoms with Crippen molar-refractivity contribution in [2.24, 2.45) is 0 Å². The largest absolute Gasteiger partial charge is 0.317 e. The third-order valence-electron chi connectivity index (χ3n) is 4.15.